The summed E-state index contributed by atoms with van der Waals surface area (Å²) in [6.07, 6.45) is 9.04. The molecule has 1 aromatic heterocycles. The summed E-state index contributed by atoms with van der Waals surface area (Å²) >= 11 is 0. The van der Waals surface area contributed by atoms with E-state index in [4.69, 9.17) is 6.42 Å². The second-order valence-corrected chi connectivity index (χ2v) is 4.00. The third kappa shape index (κ3) is 2.83. The molecular weight excluding hydrogens is 222 g/mol. The highest BCUT2D eigenvalue weighted by atomic mass is 16.1. The summed E-state index contributed by atoms with van der Waals surface area (Å²) in [7, 11) is 0. The predicted molar refractivity (Wildman–Crippen MR) is 71.2 cm³/mol. The van der Waals surface area contributed by atoms with Gasteiger partial charge in [0.25, 0.3) is 0 Å². The van der Waals surface area contributed by atoms with Crippen LogP contribution in [0.2, 0.25) is 0 Å². The molecule has 0 aliphatic heterocycles. The molecule has 0 amide bonds. The second kappa shape index (κ2) is 5.79. The standard InChI is InChI=1S/C16H13NO/c1-2-13(14-7-4-3-5-8-14)11-16(18)15-9-6-10-17-12-15/h1,3-10,12-13H,11H2. The van der Waals surface area contributed by atoms with Crippen molar-refractivity contribution < 1.29 is 4.79 Å². The summed E-state index contributed by atoms with van der Waals surface area (Å²) in [5, 5.41) is 0. The number of carbonyl (C=O) groups excluding carboxylic acids is 1. The van der Waals surface area contributed by atoms with Crippen molar-refractivity contribution in [2.45, 2.75) is 12.3 Å². The Labute approximate surface area is 107 Å². The highest BCUT2D eigenvalue weighted by Crippen LogP contribution is 2.20. The Kier molecular flexibility index (Phi) is 3.88. The van der Waals surface area contributed by atoms with E-state index in [0.29, 0.717) is 12.0 Å². The molecule has 2 rings (SSSR count). The molecule has 0 radical (unpaired) electrons. The van der Waals surface area contributed by atoms with Gasteiger partial charge in [-0.15, -0.1) is 6.42 Å². The molecule has 0 N–H and O–H groups in total. The van der Waals surface area contributed by atoms with Crippen LogP contribution in [0.15, 0.2) is 54.9 Å². The monoisotopic (exact) mass is 235 g/mol. The molecule has 0 bridgehead atoms. The zero-order valence-electron chi connectivity index (χ0n) is 9.91. The first-order chi connectivity index (χ1) is 8.81. The van der Waals surface area contributed by atoms with Crippen molar-refractivity contribution in [3.05, 3.63) is 66.0 Å². The van der Waals surface area contributed by atoms with E-state index in [1.165, 1.54) is 0 Å². The quantitative estimate of drug-likeness (QED) is 0.602. The van der Waals surface area contributed by atoms with Gasteiger partial charge in [0.2, 0.25) is 0 Å². The van der Waals surface area contributed by atoms with E-state index in [1.54, 1.807) is 24.5 Å². The molecule has 0 saturated carbocycles. The van der Waals surface area contributed by atoms with Crippen molar-refractivity contribution in [3.63, 3.8) is 0 Å². The number of carbonyl (C=O) groups is 1. The highest BCUT2D eigenvalue weighted by molar-refractivity contribution is 5.96. The molecule has 1 aromatic carbocycles. The molecule has 18 heavy (non-hydrogen) atoms. The van der Waals surface area contributed by atoms with Crippen LogP contribution in [0.4, 0.5) is 0 Å². The summed E-state index contributed by atoms with van der Waals surface area (Å²) in [6.45, 7) is 0. The molecule has 1 unspecified atom stereocenters. The fraction of sp³-hybridized carbons (Fsp3) is 0.125. The Balaban J connectivity index is 2.14. The maximum Gasteiger partial charge on any atom is 0.165 e. The van der Waals surface area contributed by atoms with E-state index in [0.717, 1.165) is 5.56 Å². The van der Waals surface area contributed by atoms with Crippen LogP contribution in [0.1, 0.15) is 28.3 Å². The number of aromatic nitrogens is 1. The van der Waals surface area contributed by atoms with Crippen LogP contribution in [-0.4, -0.2) is 10.8 Å². The van der Waals surface area contributed by atoms with Crippen LogP contribution >= 0.6 is 0 Å². The molecule has 0 aliphatic carbocycles. The van der Waals surface area contributed by atoms with Crippen molar-refractivity contribution >= 4 is 5.78 Å². The van der Waals surface area contributed by atoms with Crippen molar-refractivity contribution in [1.29, 1.82) is 0 Å². The van der Waals surface area contributed by atoms with Gasteiger partial charge in [0.1, 0.15) is 0 Å². The molecule has 1 atom stereocenters. The Bertz CT molecular complexity index is 555. The van der Waals surface area contributed by atoms with Crippen LogP contribution in [0, 0.1) is 12.3 Å². The maximum absolute atomic E-state index is 12.1. The smallest absolute Gasteiger partial charge is 0.165 e. The van der Waals surface area contributed by atoms with E-state index < -0.39 is 0 Å². The predicted octanol–water partition coefficient (Wildman–Crippen LogP) is 3.07. The average molecular weight is 235 g/mol. The zero-order chi connectivity index (χ0) is 12.8. The lowest BCUT2D eigenvalue weighted by atomic mass is 9.93. The number of pyridine rings is 1. The minimum atomic E-state index is -0.182. The third-order valence-corrected chi connectivity index (χ3v) is 2.78. The van der Waals surface area contributed by atoms with Crippen LogP contribution < -0.4 is 0 Å². The minimum absolute atomic E-state index is 0.0231. The number of hydrogen-bond acceptors (Lipinski definition) is 2. The molecule has 2 nitrogen and oxygen atoms in total. The van der Waals surface area contributed by atoms with E-state index in [2.05, 4.69) is 10.9 Å². The summed E-state index contributed by atoms with van der Waals surface area (Å²) in [6, 6.07) is 13.2. The second-order valence-electron chi connectivity index (χ2n) is 4.00. The number of Topliss-reactive ketones (excluding diaryl/α,β-unsaturated/α-hetero) is 1. The minimum Gasteiger partial charge on any atom is -0.294 e. The summed E-state index contributed by atoms with van der Waals surface area (Å²) in [5.74, 6) is 2.52. The fourth-order valence-corrected chi connectivity index (χ4v) is 1.79. The van der Waals surface area contributed by atoms with Crippen molar-refractivity contribution in [3.8, 4) is 12.3 Å². The maximum atomic E-state index is 12.1. The Morgan fingerprint density at radius 2 is 2.00 bits per heavy atom. The van der Waals surface area contributed by atoms with E-state index in [1.807, 2.05) is 30.3 Å². The first-order valence-electron chi connectivity index (χ1n) is 5.75. The van der Waals surface area contributed by atoms with Gasteiger partial charge in [-0.25, -0.2) is 0 Å². The fourth-order valence-electron chi connectivity index (χ4n) is 1.79. The molecule has 1 heterocycles. The SMILES string of the molecule is C#CC(CC(=O)c1cccnc1)c1ccccc1. The van der Waals surface area contributed by atoms with Crippen LogP contribution in [0.5, 0.6) is 0 Å². The van der Waals surface area contributed by atoms with Gasteiger partial charge in [0.15, 0.2) is 5.78 Å². The number of terminal acetylenes is 1. The molecule has 0 fully saturated rings. The first-order valence-corrected chi connectivity index (χ1v) is 5.75. The van der Waals surface area contributed by atoms with Gasteiger partial charge in [0.05, 0.1) is 5.92 Å². The molecule has 88 valence electrons. The molecule has 2 aromatic rings. The van der Waals surface area contributed by atoms with Gasteiger partial charge >= 0.3 is 0 Å². The topological polar surface area (TPSA) is 30.0 Å². The Hall–Kier alpha value is -2.40. The normalized spacial score (nSPS) is 11.5. The Morgan fingerprint density at radius 1 is 1.22 bits per heavy atom. The van der Waals surface area contributed by atoms with E-state index in [9.17, 15) is 4.79 Å². The summed E-state index contributed by atoms with van der Waals surface area (Å²) < 4.78 is 0. The summed E-state index contributed by atoms with van der Waals surface area (Å²) in [4.78, 5) is 16.0. The molecule has 2 heteroatoms. The molecular formula is C16H13NO. The zero-order valence-corrected chi connectivity index (χ0v) is 9.91. The van der Waals surface area contributed by atoms with Crippen molar-refractivity contribution in [2.75, 3.05) is 0 Å². The number of rotatable bonds is 4. The number of hydrogen-bond donors (Lipinski definition) is 0. The average Bonchev–Trinajstić information content (AvgIpc) is 2.46. The van der Waals surface area contributed by atoms with Gasteiger partial charge in [0, 0.05) is 24.4 Å². The van der Waals surface area contributed by atoms with Gasteiger partial charge in [-0.3, -0.25) is 9.78 Å². The van der Waals surface area contributed by atoms with Gasteiger partial charge in [-0.2, -0.15) is 0 Å². The molecule has 0 spiro atoms. The van der Waals surface area contributed by atoms with Crippen LogP contribution in [0.3, 0.4) is 0 Å². The van der Waals surface area contributed by atoms with Crippen molar-refractivity contribution in [2.24, 2.45) is 0 Å². The number of benzene rings is 1. The highest BCUT2D eigenvalue weighted by Gasteiger charge is 2.14. The largest absolute Gasteiger partial charge is 0.294 e. The lowest BCUT2D eigenvalue weighted by Crippen LogP contribution is -2.06. The number of ketones is 1. The summed E-state index contributed by atoms with van der Waals surface area (Å²) in [5.41, 5.74) is 1.60. The Morgan fingerprint density at radius 3 is 2.61 bits per heavy atom. The molecule has 0 aliphatic rings. The first kappa shape index (κ1) is 12.1. The van der Waals surface area contributed by atoms with Crippen molar-refractivity contribution in [1.82, 2.24) is 4.98 Å². The van der Waals surface area contributed by atoms with Gasteiger partial charge < -0.3 is 0 Å². The lowest BCUT2D eigenvalue weighted by Gasteiger charge is -2.09. The number of nitrogens with zero attached hydrogens (tertiary/aromatic N) is 1. The van der Waals surface area contributed by atoms with Gasteiger partial charge in [-0.1, -0.05) is 36.3 Å². The third-order valence-electron chi connectivity index (χ3n) is 2.78. The van der Waals surface area contributed by atoms with Gasteiger partial charge in [-0.05, 0) is 17.7 Å². The van der Waals surface area contributed by atoms with Crippen LogP contribution in [-0.2, 0) is 0 Å². The molecule has 0 saturated heterocycles. The lowest BCUT2D eigenvalue weighted by molar-refractivity contribution is 0.0979. The van der Waals surface area contributed by atoms with E-state index in [-0.39, 0.29) is 11.7 Å². The van der Waals surface area contributed by atoms with E-state index >= 15 is 0 Å². The van der Waals surface area contributed by atoms with Crippen LogP contribution in [0.25, 0.3) is 0 Å².